The number of carbonyl (C=O) groups excluding carboxylic acids is 3. The smallest absolute Gasteiger partial charge is 0.303 e. The first-order valence-electron chi connectivity index (χ1n) is 11.6. The fourth-order valence-electron chi connectivity index (χ4n) is 4.13. The molecule has 0 saturated heterocycles. The van der Waals surface area contributed by atoms with Gasteiger partial charge in [-0.2, -0.15) is 0 Å². The summed E-state index contributed by atoms with van der Waals surface area (Å²) in [5.41, 5.74) is 2.11. The van der Waals surface area contributed by atoms with Crippen LogP contribution < -0.4 is 15.5 Å². The van der Waals surface area contributed by atoms with E-state index < -0.39 is 12.1 Å². The molecule has 37 heavy (non-hydrogen) atoms. The predicted octanol–water partition coefficient (Wildman–Crippen LogP) is 4.21. The number of hydrogen-bond donors (Lipinski definition) is 2. The van der Waals surface area contributed by atoms with Gasteiger partial charge in [0.1, 0.15) is 12.4 Å². The highest BCUT2D eigenvalue weighted by Gasteiger charge is 2.34. The minimum Gasteiger partial charge on any atom is -0.453 e. The molecule has 186 valence electrons. The number of nitrogens with one attached hydrogen (secondary N) is 2. The zero-order valence-electron chi connectivity index (χ0n) is 19.9. The third-order valence-corrected chi connectivity index (χ3v) is 6.64. The molecule has 0 bridgehead atoms. The van der Waals surface area contributed by atoms with Gasteiger partial charge in [0.05, 0.1) is 12.2 Å². The van der Waals surface area contributed by atoms with Crippen LogP contribution in [0.15, 0.2) is 79.1 Å². The van der Waals surface area contributed by atoms with Crippen molar-refractivity contribution in [1.29, 1.82) is 0 Å². The normalized spacial score (nSPS) is 14.2. The van der Waals surface area contributed by atoms with Gasteiger partial charge in [0.15, 0.2) is 11.2 Å². The zero-order valence-corrected chi connectivity index (χ0v) is 20.7. The van der Waals surface area contributed by atoms with Gasteiger partial charge in [-0.05, 0) is 24.3 Å². The van der Waals surface area contributed by atoms with Gasteiger partial charge in [-0.1, -0.05) is 53.8 Å². The zero-order chi connectivity index (χ0) is 25.8. The standard InChI is InChI=1S/C27H23N5O4S/c1-17(33)36-25-19-8-2-3-9-20(19)26(35)32(22-11-5-4-10-21(22)25)16-24(34)29-14-18-15-30-27(37-18)31-23-12-6-7-13-28-23/h2-13,15,25H,14,16H2,1H3,(H,29,34)(H,28,30,31). The number of fused-ring (bicyclic) bond motifs is 2. The minimum absolute atomic E-state index is 0.200. The lowest BCUT2D eigenvalue weighted by atomic mass is 9.97. The number of esters is 1. The van der Waals surface area contributed by atoms with Crippen LogP contribution in [0.25, 0.3) is 0 Å². The Morgan fingerprint density at radius 3 is 2.54 bits per heavy atom. The Morgan fingerprint density at radius 2 is 1.76 bits per heavy atom. The monoisotopic (exact) mass is 513 g/mol. The van der Waals surface area contributed by atoms with Crippen LogP contribution in [-0.2, 0) is 20.9 Å². The second-order valence-corrected chi connectivity index (χ2v) is 9.39. The Bertz CT molecular complexity index is 1460. The number of thiazole rings is 1. The van der Waals surface area contributed by atoms with Gasteiger partial charge in [0.2, 0.25) is 5.91 Å². The highest BCUT2D eigenvalue weighted by molar-refractivity contribution is 7.15. The molecular weight excluding hydrogens is 490 g/mol. The number of ether oxygens (including phenoxy) is 1. The highest BCUT2D eigenvalue weighted by atomic mass is 32.1. The van der Waals surface area contributed by atoms with Crippen molar-refractivity contribution in [2.45, 2.75) is 19.6 Å². The molecule has 3 heterocycles. The molecular formula is C27H23N5O4S. The molecule has 1 aliphatic heterocycles. The number of nitrogens with zero attached hydrogens (tertiary/aromatic N) is 3. The Kier molecular flexibility index (Phi) is 6.91. The molecule has 1 aliphatic rings. The largest absolute Gasteiger partial charge is 0.453 e. The molecule has 2 aromatic heterocycles. The molecule has 1 unspecified atom stereocenters. The maximum Gasteiger partial charge on any atom is 0.303 e. The quantitative estimate of drug-likeness (QED) is 0.356. The lowest BCUT2D eigenvalue weighted by Gasteiger charge is -2.23. The summed E-state index contributed by atoms with van der Waals surface area (Å²) in [5, 5.41) is 6.65. The van der Waals surface area contributed by atoms with Crippen molar-refractivity contribution in [2.75, 3.05) is 16.8 Å². The molecule has 9 nitrogen and oxygen atoms in total. The van der Waals surface area contributed by atoms with Gasteiger partial charge < -0.3 is 15.4 Å². The summed E-state index contributed by atoms with van der Waals surface area (Å²) in [5.74, 6) is -0.459. The summed E-state index contributed by atoms with van der Waals surface area (Å²) in [6.07, 6.45) is 2.61. The topological polar surface area (TPSA) is 114 Å². The third-order valence-electron chi connectivity index (χ3n) is 5.73. The van der Waals surface area contributed by atoms with E-state index in [0.29, 0.717) is 33.3 Å². The molecule has 1 atom stereocenters. The maximum atomic E-state index is 13.6. The number of carbonyl (C=O) groups is 3. The van der Waals surface area contributed by atoms with E-state index in [1.54, 1.807) is 54.9 Å². The summed E-state index contributed by atoms with van der Waals surface area (Å²) in [6, 6.07) is 19.7. The van der Waals surface area contributed by atoms with Crippen LogP contribution in [0.3, 0.4) is 0 Å². The van der Waals surface area contributed by atoms with E-state index in [0.717, 1.165) is 4.88 Å². The Morgan fingerprint density at radius 1 is 1.00 bits per heavy atom. The molecule has 2 aromatic carbocycles. The number of para-hydroxylation sites is 1. The number of hydrogen-bond acceptors (Lipinski definition) is 8. The van der Waals surface area contributed by atoms with Crippen molar-refractivity contribution in [3.05, 3.63) is 101 Å². The van der Waals surface area contributed by atoms with E-state index in [-0.39, 0.29) is 24.9 Å². The molecule has 10 heteroatoms. The van der Waals surface area contributed by atoms with Gasteiger partial charge in [-0.3, -0.25) is 19.3 Å². The summed E-state index contributed by atoms with van der Waals surface area (Å²) < 4.78 is 5.64. The van der Waals surface area contributed by atoms with E-state index in [9.17, 15) is 14.4 Å². The van der Waals surface area contributed by atoms with Crippen LogP contribution in [0.1, 0.15) is 39.4 Å². The van der Waals surface area contributed by atoms with Crippen molar-refractivity contribution in [1.82, 2.24) is 15.3 Å². The van der Waals surface area contributed by atoms with Crippen LogP contribution in [-0.4, -0.2) is 34.3 Å². The van der Waals surface area contributed by atoms with Gasteiger partial charge >= 0.3 is 5.97 Å². The van der Waals surface area contributed by atoms with Gasteiger partial charge in [-0.25, -0.2) is 9.97 Å². The molecule has 2 amide bonds. The summed E-state index contributed by atoms with van der Waals surface area (Å²) in [6.45, 7) is 1.39. The average Bonchev–Trinajstić information content (AvgIpc) is 3.33. The van der Waals surface area contributed by atoms with Gasteiger partial charge in [0.25, 0.3) is 5.91 Å². The lowest BCUT2D eigenvalue weighted by molar-refractivity contribution is -0.144. The Balaban J connectivity index is 1.34. The maximum absolute atomic E-state index is 13.6. The molecule has 0 fully saturated rings. The van der Waals surface area contributed by atoms with Crippen LogP contribution in [0.4, 0.5) is 16.6 Å². The predicted molar refractivity (Wildman–Crippen MR) is 140 cm³/mol. The van der Waals surface area contributed by atoms with Crippen molar-refractivity contribution in [2.24, 2.45) is 0 Å². The minimum atomic E-state index is -0.760. The molecule has 0 aliphatic carbocycles. The Labute approximate surface area is 217 Å². The van der Waals surface area contributed by atoms with Crippen molar-refractivity contribution in [3.8, 4) is 0 Å². The molecule has 2 N–H and O–H groups in total. The molecule has 5 rings (SSSR count). The SMILES string of the molecule is CC(=O)OC1c2ccccc2C(=O)N(CC(=O)NCc2cnc(Nc3ccccn3)s2)c2ccccc21. The molecule has 0 spiro atoms. The molecule has 0 radical (unpaired) electrons. The van der Waals surface area contributed by atoms with Gasteiger partial charge in [0, 0.05) is 40.9 Å². The van der Waals surface area contributed by atoms with E-state index in [4.69, 9.17) is 4.74 Å². The van der Waals surface area contributed by atoms with E-state index >= 15 is 0 Å². The first kappa shape index (κ1) is 24.1. The summed E-state index contributed by atoms with van der Waals surface area (Å²) in [4.78, 5) is 49.3. The van der Waals surface area contributed by atoms with Crippen LogP contribution in [0.5, 0.6) is 0 Å². The average molecular weight is 514 g/mol. The number of benzene rings is 2. The lowest BCUT2D eigenvalue weighted by Crippen LogP contribution is -2.40. The fraction of sp³-hybridized carbons (Fsp3) is 0.148. The number of rotatable bonds is 7. The number of anilines is 3. The number of pyridine rings is 1. The number of aromatic nitrogens is 2. The fourth-order valence-corrected chi connectivity index (χ4v) is 4.89. The van der Waals surface area contributed by atoms with Crippen LogP contribution in [0.2, 0.25) is 0 Å². The highest BCUT2D eigenvalue weighted by Crippen LogP contribution is 2.39. The van der Waals surface area contributed by atoms with Crippen molar-refractivity contribution >= 4 is 45.8 Å². The summed E-state index contributed by atoms with van der Waals surface area (Å²) in [7, 11) is 0. The van der Waals surface area contributed by atoms with Crippen molar-refractivity contribution < 1.29 is 19.1 Å². The Hall–Kier alpha value is -4.57. The second-order valence-electron chi connectivity index (χ2n) is 8.28. The summed E-state index contributed by atoms with van der Waals surface area (Å²) >= 11 is 1.40. The van der Waals surface area contributed by atoms with Crippen LogP contribution >= 0.6 is 11.3 Å². The third kappa shape index (κ3) is 5.34. The second kappa shape index (κ2) is 10.6. The van der Waals surface area contributed by atoms with Crippen LogP contribution in [0, 0.1) is 0 Å². The van der Waals surface area contributed by atoms with Gasteiger partial charge in [-0.15, -0.1) is 0 Å². The first-order chi connectivity index (χ1) is 18.0. The number of amides is 2. The molecule has 4 aromatic rings. The first-order valence-corrected chi connectivity index (χ1v) is 12.4. The van der Waals surface area contributed by atoms with E-state index in [1.807, 2.05) is 24.3 Å². The van der Waals surface area contributed by atoms with E-state index in [2.05, 4.69) is 20.6 Å². The van der Waals surface area contributed by atoms with Crippen molar-refractivity contribution in [3.63, 3.8) is 0 Å². The van der Waals surface area contributed by atoms with E-state index in [1.165, 1.54) is 23.2 Å². The molecule has 0 saturated carbocycles.